The van der Waals surface area contributed by atoms with E-state index < -0.39 is 0 Å². The standard InChI is InChI=1S/C16H29NO2/c1-2-9-17-15(14-5-3-10-18-14)13-6-11-19-16(12-13)7-4-8-16/h13-15,17H,2-12H2,1H3. The summed E-state index contributed by atoms with van der Waals surface area (Å²) in [6.07, 6.45) is 10.5. The molecule has 0 radical (unpaired) electrons. The average Bonchev–Trinajstić information content (AvgIpc) is 2.92. The fraction of sp³-hybridized carbons (Fsp3) is 1.00. The largest absolute Gasteiger partial charge is 0.377 e. The zero-order valence-corrected chi connectivity index (χ0v) is 12.3. The van der Waals surface area contributed by atoms with Crippen LogP contribution in [0.25, 0.3) is 0 Å². The van der Waals surface area contributed by atoms with Crippen molar-refractivity contribution in [1.82, 2.24) is 5.32 Å². The average molecular weight is 267 g/mol. The van der Waals surface area contributed by atoms with Gasteiger partial charge >= 0.3 is 0 Å². The van der Waals surface area contributed by atoms with Crippen LogP contribution in [0.3, 0.4) is 0 Å². The first-order valence-electron chi connectivity index (χ1n) is 8.32. The van der Waals surface area contributed by atoms with Gasteiger partial charge in [0.05, 0.1) is 11.7 Å². The van der Waals surface area contributed by atoms with E-state index in [2.05, 4.69) is 12.2 Å². The van der Waals surface area contributed by atoms with Crippen LogP contribution in [-0.2, 0) is 9.47 Å². The van der Waals surface area contributed by atoms with Crippen molar-refractivity contribution >= 4 is 0 Å². The third-order valence-electron chi connectivity index (χ3n) is 5.30. The minimum absolute atomic E-state index is 0.258. The summed E-state index contributed by atoms with van der Waals surface area (Å²) in [5, 5.41) is 3.79. The third-order valence-corrected chi connectivity index (χ3v) is 5.30. The lowest BCUT2D eigenvalue weighted by Crippen LogP contribution is -2.53. The highest BCUT2D eigenvalue weighted by Gasteiger charge is 2.45. The monoisotopic (exact) mass is 267 g/mol. The molecule has 0 aromatic heterocycles. The van der Waals surface area contributed by atoms with Crippen LogP contribution >= 0.6 is 0 Å². The van der Waals surface area contributed by atoms with Gasteiger partial charge in [-0.15, -0.1) is 0 Å². The van der Waals surface area contributed by atoms with E-state index in [0.717, 1.165) is 25.7 Å². The minimum Gasteiger partial charge on any atom is -0.377 e. The molecule has 0 aromatic carbocycles. The van der Waals surface area contributed by atoms with Crippen molar-refractivity contribution in [1.29, 1.82) is 0 Å². The van der Waals surface area contributed by atoms with Gasteiger partial charge < -0.3 is 14.8 Å². The summed E-state index contributed by atoms with van der Waals surface area (Å²) in [6, 6.07) is 0.559. The summed E-state index contributed by atoms with van der Waals surface area (Å²) in [4.78, 5) is 0. The van der Waals surface area contributed by atoms with E-state index in [-0.39, 0.29) is 5.60 Å². The first kappa shape index (κ1) is 13.8. The number of hydrogen-bond acceptors (Lipinski definition) is 3. The molecule has 1 aliphatic carbocycles. The van der Waals surface area contributed by atoms with E-state index >= 15 is 0 Å². The van der Waals surface area contributed by atoms with Gasteiger partial charge in [-0.25, -0.2) is 0 Å². The van der Waals surface area contributed by atoms with Crippen molar-refractivity contribution in [3.63, 3.8) is 0 Å². The minimum atomic E-state index is 0.258. The van der Waals surface area contributed by atoms with Crippen molar-refractivity contribution in [2.75, 3.05) is 19.8 Å². The molecule has 3 aliphatic rings. The number of nitrogens with one attached hydrogen (secondary N) is 1. The second-order valence-corrected chi connectivity index (χ2v) is 6.67. The number of rotatable bonds is 5. The number of ether oxygens (including phenoxy) is 2. The van der Waals surface area contributed by atoms with Crippen molar-refractivity contribution in [2.24, 2.45) is 5.92 Å². The third kappa shape index (κ3) is 2.98. The Labute approximate surface area is 117 Å². The molecule has 1 saturated carbocycles. The van der Waals surface area contributed by atoms with Crippen LogP contribution in [0.1, 0.15) is 58.3 Å². The molecule has 0 amide bonds. The van der Waals surface area contributed by atoms with Crippen LogP contribution < -0.4 is 5.32 Å². The maximum atomic E-state index is 6.08. The van der Waals surface area contributed by atoms with Gasteiger partial charge in [0.1, 0.15) is 0 Å². The van der Waals surface area contributed by atoms with Gasteiger partial charge in [-0.2, -0.15) is 0 Å². The maximum absolute atomic E-state index is 6.08. The smallest absolute Gasteiger partial charge is 0.0731 e. The van der Waals surface area contributed by atoms with Gasteiger partial charge in [-0.3, -0.25) is 0 Å². The van der Waals surface area contributed by atoms with E-state index in [0.29, 0.717) is 12.1 Å². The molecule has 0 bridgehead atoms. The maximum Gasteiger partial charge on any atom is 0.0731 e. The van der Waals surface area contributed by atoms with E-state index in [1.54, 1.807) is 0 Å². The Hall–Kier alpha value is -0.120. The molecule has 1 spiro atoms. The Morgan fingerprint density at radius 1 is 1.21 bits per heavy atom. The lowest BCUT2D eigenvalue weighted by molar-refractivity contribution is -0.151. The summed E-state index contributed by atoms with van der Waals surface area (Å²) in [6.45, 7) is 5.29. The van der Waals surface area contributed by atoms with E-state index in [9.17, 15) is 0 Å². The van der Waals surface area contributed by atoms with Crippen molar-refractivity contribution in [3.8, 4) is 0 Å². The molecule has 3 nitrogen and oxygen atoms in total. The zero-order valence-electron chi connectivity index (χ0n) is 12.3. The van der Waals surface area contributed by atoms with E-state index in [1.165, 1.54) is 51.4 Å². The fourth-order valence-corrected chi connectivity index (χ4v) is 4.09. The highest BCUT2D eigenvalue weighted by atomic mass is 16.5. The predicted octanol–water partition coefficient (Wildman–Crippen LogP) is 2.88. The van der Waals surface area contributed by atoms with Crippen LogP contribution in [0.4, 0.5) is 0 Å². The molecule has 3 heteroatoms. The highest BCUT2D eigenvalue weighted by molar-refractivity contribution is 4.98. The van der Waals surface area contributed by atoms with Crippen LogP contribution in [-0.4, -0.2) is 37.5 Å². The Bertz CT molecular complexity index is 284. The molecule has 110 valence electrons. The van der Waals surface area contributed by atoms with E-state index in [4.69, 9.17) is 9.47 Å². The Morgan fingerprint density at radius 2 is 2.11 bits per heavy atom. The summed E-state index contributed by atoms with van der Waals surface area (Å²) >= 11 is 0. The molecular formula is C16H29NO2. The van der Waals surface area contributed by atoms with Crippen LogP contribution in [0, 0.1) is 5.92 Å². The molecule has 19 heavy (non-hydrogen) atoms. The first-order chi connectivity index (χ1) is 9.33. The van der Waals surface area contributed by atoms with Gasteiger partial charge in [-0.05, 0) is 63.8 Å². The first-order valence-corrected chi connectivity index (χ1v) is 8.32. The van der Waals surface area contributed by atoms with Gasteiger partial charge in [0.2, 0.25) is 0 Å². The molecule has 3 rings (SSSR count). The zero-order chi connectivity index (χ0) is 13.1. The number of hydrogen-bond donors (Lipinski definition) is 1. The molecule has 0 aromatic rings. The molecular weight excluding hydrogens is 238 g/mol. The van der Waals surface area contributed by atoms with Gasteiger partial charge in [0.25, 0.3) is 0 Å². The van der Waals surface area contributed by atoms with Crippen LogP contribution in [0.2, 0.25) is 0 Å². The van der Waals surface area contributed by atoms with Crippen molar-refractivity contribution in [2.45, 2.75) is 76.0 Å². The Kier molecular flexibility index (Phi) is 4.45. The summed E-state index contributed by atoms with van der Waals surface area (Å²) in [5.41, 5.74) is 0.258. The lowest BCUT2D eigenvalue weighted by Gasteiger charge is -2.49. The topological polar surface area (TPSA) is 30.5 Å². The Morgan fingerprint density at radius 3 is 2.74 bits per heavy atom. The molecule has 3 fully saturated rings. The fourth-order valence-electron chi connectivity index (χ4n) is 4.09. The molecule has 2 saturated heterocycles. The highest BCUT2D eigenvalue weighted by Crippen LogP contribution is 2.45. The van der Waals surface area contributed by atoms with Crippen LogP contribution in [0.15, 0.2) is 0 Å². The summed E-state index contributed by atoms with van der Waals surface area (Å²) in [7, 11) is 0. The second kappa shape index (κ2) is 6.11. The summed E-state index contributed by atoms with van der Waals surface area (Å²) < 4.78 is 12.1. The quantitative estimate of drug-likeness (QED) is 0.831. The van der Waals surface area contributed by atoms with Crippen molar-refractivity contribution < 1.29 is 9.47 Å². The second-order valence-electron chi connectivity index (χ2n) is 6.67. The van der Waals surface area contributed by atoms with E-state index in [1.807, 2.05) is 0 Å². The summed E-state index contributed by atoms with van der Waals surface area (Å²) in [5.74, 6) is 0.753. The molecule has 1 N–H and O–H groups in total. The SMILES string of the molecule is CCCNC(C1CCOC2(CCC2)C1)C1CCCO1. The Balaban J connectivity index is 1.63. The molecule has 3 unspecified atom stereocenters. The molecule has 3 atom stereocenters. The molecule has 2 aliphatic heterocycles. The van der Waals surface area contributed by atoms with Gasteiger partial charge in [0.15, 0.2) is 0 Å². The van der Waals surface area contributed by atoms with Crippen LogP contribution in [0.5, 0.6) is 0 Å². The molecule has 2 heterocycles. The van der Waals surface area contributed by atoms with Gasteiger partial charge in [-0.1, -0.05) is 6.92 Å². The predicted molar refractivity (Wildman–Crippen MR) is 76.3 cm³/mol. The van der Waals surface area contributed by atoms with Gasteiger partial charge in [0, 0.05) is 19.3 Å². The lowest BCUT2D eigenvalue weighted by atomic mass is 9.69. The van der Waals surface area contributed by atoms with Crippen molar-refractivity contribution in [3.05, 3.63) is 0 Å². The normalized spacial score (nSPS) is 35.2.